The van der Waals surface area contributed by atoms with E-state index in [1.807, 2.05) is 54.6 Å². The Morgan fingerprint density at radius 2 is 1.37 bits per heavy atom. The van der Waals surface area contributed by atoms with E-state index in [1.165, 1.54) is 0 Å². The molecule has 3 atom stereocenters. The van der Waals surface area contributed by atoms with Crippen molar-refractivity contribution in [2.24, 2.45) is 0 Å². The SMILES string of the molecule is CCCCC(c1ccc(F)cc1)C1(C(CCCC)c2ccc(F)cc2)CNCCN1CC(O)CNc1ccccc1. The molecule has 4 nitrogen and oxygen atoms in total. The Bertz CT molecular complexity index is 1100. The molecule has 1 saturated heterocycles. The van der Waals surface area contributed by atoms with E-state index in [9.17, 15) is 13.9 Å². The molecule has 0 radical (unpaired) electrons. The molecule has 3 unspecified atom stereocenters. The van der Waals surface area contributed by atoms with Crippen LogP contribution in [-0.2, 0) is 0 Å². The van der Waals surface area contributed by atoms with E-state index in [0.29, 0.717) is 13.1 Å². The van der Waals surface area contributed by atoms with Crippen LogP contribution in [0.25, 0.3) is 0 Å². The van der Waals surface area contributed by atoms with Crippen molar-refractivity contribution in [2.75, 3.05) is 38.0 Å². The number of aliphatic hydroxyl groups excluding tert-OH is 1. The van der Waals surface area contributed by atoms with Gasteiger partial charge in [-0.3, -0.25) is 4.90 Å². The van der Waals surface area contributed by atoms with Crippen molar-refractivity contribution >= 4 is 5.69 Å². The lowest BCUT2D eigenvalue weighted by atomic mass is 9.63. The topological polar surface area (TPSA) is 47.5 Å². The molecule has 0 aliphatic carbocycles. The lowest BCUT2D eigenvalue weighted by Crippen LogP contribution is -2.68. The summed E-state index contributed by atoms with van der Waals surface area (Å²) in [4.78, 5) is 2.51. The summed E-state index contributed by atoms with van der Waals surface area (Å²) in [5.74, 6) is -0.285. The molecule has 0 spiro atoms. The predicted octanol–water partition coefficient (Wildman–Crippen LogP) is 7.33. The zero-order valence-electron chi connectivity index (χ0n) is 24.7. The van der Waals surface area contributed by atoms with Gasteiger partial charge in [-0.05, 0) is 60.4 Å². The molecule has 0 aromatic heterocycles. The molecular weight excluding hydrogens is 516 g/mol. The minimum absolute atomic E-state index is 0.0945. The summed E-state index contributed by atoms with van der Waals surface area (Å²) < 4.78 is 28.3. The van der Waals surface area contributed by atoms with Crippen molar-refractivity contribution < 1.29 is 13.9 Å². The molecule has 1 aliphatic heterocycles. The summed E-state index contributed by atoms with van der Waals surface area (Å²) in [6, 6.07) is 24.0. The third-order valence-corrected chi connectivity index (χ3v) is 8.75. The van der Waals surface area contributed by atoms with E-state index >= 15 is 0 Å². The minimum Gasteiger partial charge on any atom is -0.390 e. The van der Waals surface area contributed by atoms with Gasteiger partial charge in [-0.25, -0.2) is 8.78 Å². The average Bonchev–Trinajstić information content (AvgIpc) is 2.99. The number of hydrogen-bond donors (Lipinski definition) is 3. The summed E-state index contributed by atoms with van der Waals surface area (Å²) in [7, 11) is 0. The van der Waals surface area contributed by atoms with Gasteiger partial charge in [0.05, 0.1) is 6.10 Å². The van der Waals surface area contributed by atoms with Crippen LogP contribution >= 0.6 is 0 Å². The molecule has 6 heteroatoms. The van der Waals surface area contributed by atoms with Crippen molar-refractivity contribution in [2.45, 2.75) is 75.9 Å². The first kappa shape index (κ1) is 31.1. The zero-order chi connectivity index (χ0) is 29.1. The summed E-state index contributed by atoms with van der Waals surface area (Å²) in [6.45, 7) is 7.72. The molecule has 1 aliphatic rings. The van der Waals surface area contributed by atoms with Crippen LogP contribution < -0.4 is 10.6 Å². The maximum absolute atomic E-state index is 14.1. The van der Waals surface area contributed by atoms with Crippen LogP contribution in [0.4, 0.5) is 14.5 Å². The Labute approximate surface area is 245 Å². The maximum Gasteiger partial charge on any atom is 0.123 e. The highest BCUT2D eigenvalue weighted by molar-refractivity contribution is 5.42. The fourth-order valence-corrected chi connectivity index (χ4v) is 6.74. The summed E-state index contributed by atoms with van der Waals surface area (Å²) >= 11 is 0. The first-order valence-corrected chi connectivity index (χ1v) is 15.4. The minimum atomic E-state index is -0.590. The van der Waals surface area contributed by atoms with E-state index in [2.05, 4.69) is 29.4 Å². The third kappa shape index (κ3) is 7.94. The molecule has 4 rings (SSSR count). The highest BCUT2D eigenvalue weighted by Gasteiger charge is 2.51. The molecule has 0 amide bonds. The van der Waals surface area contributed by atoms with Crippen molar-refractivity contribution in [1.29, 1.82) is 0 Å². The number of para-hydroxylation sites is 1. The summed E-state index contributed by atoms with van der Waals surface area (Å²) in [5.41, 5.74) is 2.83. The summed E-state index contributed by atoms with van der Waals surface area (Å²) in [6.07, 6.45) is 5.50. The number of nitrogens with one attached hydrogen (secondary N) is 2. The lowest BCUT2D eigenvalue weighted by Gasteiger charge is -2.57. The Hall–Kier alpha value is -2.80. The van der Waals surface area contributed by atoms with E-state index in [1.54, 1.807) is 24.3 Å². The average molecular weight is 564 g/mol. The smallest absolute Gasteiger partial charge is 0.123 e. The number of β-amino-alcohol motifs (C(OH)–C–C–N with tert-alkyl or cyclic N) is 1. The second-order valence-corrected chi connectivity index (χ2v) is 11.5. The van der Waals surface area contributed by atoms with Crippen LogP contribution in [0.15, 0.2) is 78.9 Å². The van der Waals surface area contributed by atoms with Crippen molar-refractivity contribution in [1.82, 2.24) is 10.2 Å². The Morgan fingerprint density at radius 1 is 0.829 bits per heavy atom. The largest absolute Gasteiger partial charge is 0.390 e. The van der Waals surface area contributed by atoms with Gasteiger partial charge in [0.15, 0.2) is 0 Å². The lowest BCUT2D eigenvalue weighted by molar-refractivity contribution is -0.0210. The maximum atomic E-state index is 14.1. The van der Waals surface area contributed by atoms with Crippen LogP contribution in [0.5, 0.6) is 0 Å². The third-order valence-electron chi connectivity index (χ3n) is 8.75. The fourth-order valence-electron chi connectivity index (χ4n) is 6.74. The van der Waals surface area contributed by atoms with Crippen molar-refractivity contribution in [3.8, 4) is 0 Å². The molecule has 1 heterocycles. The molecule has 41 heavy (non-hydrogen) atoms. The van der Waals surface area contributed by atoms with E-state index in [0.717, 1.165) is 75.0 Å². The molecule has 3 aromatic rings. The van der Waals surface area contributed by atoms with Crippen LogP contribution in [-0.4, -0.2) is 54.4 Å². The van der Waals surface area contributed by atoms with Crippen LogP contribution in [0, 0.1) is 11.6 Å². The number of nitrogens with zero attached hydrogens (tertiary/aromatic N) is 1. The van der Waals surface area contributed by atoms with Gasteiger partial charge in [-0.1, -0.05) is 82.0 Å². The number of anilines is 1. The second kappa shape index (κ2) is 15.4. The van der Waals surface area contributed by atoms with Gasteiger partial charge in [-0.15, -0.1) is 0 Å². The van der Waals surface area contributed by atoms with Gasteiger partial charge in [0.2, 0.25) is 0 Å². The van der Waals surface area contributed by atoms with E-state index < -0.39 is 11.6 Å². The van der Waals surface area contributed by atoms with Gasteiger partial charge in [0, 0.05) is 55.8 Å². The van der Waals surface area contributed by atoms with Gasteiger partial charge < -0.3 is 15.7 Å². The van der Waals surface area contributed by atoms with Crippen molar-refractivity contribution in [3.05, 3.63) is 102 Å². The van der Waals surface area contributed by atoms with Crippen LogP contribution in [0.3, 0.4) is 0 Å². The first-order valence-electron chi connectivity index (χ1n) is 15.4. The Balaban J connectivity index is 1.78. The molecule has 0 saturated carbocycles. The highest BCUT2D eigenvalue weighted by atomic mass is 19.1. The second-order valence-electron chi connectivity index (χ2n) is 11.5. The number of benzene rings is 3. The van der Waals surface area contributed by atoms with Gasteiger partial charge in [0.1, 0.15) is 11.6 Å². The standard InChI is InChI=1S/C35H47F2N3O/c1-3-5-12-33(27-14-18-29(36)19-15-27)35(34(13-6-4-2)28-16-20-30(37)21-17-28)26-38-22-23-40(35)25-32(41)24-39-31-10-8-7-9-11-31/h7-11,14-21,32-34,38-39,41H,3-6,12-13,22-26H2,1-2H3. The normalized spacial score (nSPS) is 19.9. The van der Waals surface area contributed by atoms with Gasteiger partial charge >= 0.3 is 0 Å². The Morgan fingerprint density at radius 3 is 1.88 bits per heavy atom. The summed E-state index contributed by atoms with van der Waals surface area (Å²) in [5, 5.41) is 18.5. The number of hydrogen-bond acceptors (Lipinski definition) is 4. The fraction of sp³-hybridized carbons (Fsp3) is 0.486. The molecule has 0 bridgehead atoms. The number of halogens is 2. The van der Waals surface area contributed by atoms with Crippen LogP contribution in [0.1, 0.15) is 75.3 Å². The highest BCUT2D eigenvalue weighted by Crippen LogP contribution is 2.49. The predicted molar refractivity (Wildman–Crippen MR) is 165 cm³/mol. The van der Waals surface area contributed by atoms with Gasteiger partial charge in [-0.2, -0.15) is 0 Å². The number of aliphatic hydroxyl groups is 1. The molecule has 3 N–H and O–H groups in total. The zero-order valence-corrected chi connectivity index (χ0v) is 24.7. The monoisotopic (exact) mass is 563 g/mol. The molecule has 3 aromatic carbocycles. The quantitative estimate of drug-likeness (QED) is 0.181. The Kier molecular flexibility index (Phi) is 11.7. The molecule has 222 valence electrons. The first-order chi connectivity index (χ1) is 20.0. The molecule has 1 fully saturated rings. The van der Waals surface area contributed by atoms with E-state index in [4.69, 9.17) is 0 Å². The number of piperazine rings is 1. The van der Waals surface area contributed by atoms with Crippen molar-refractivity contribution in [3.63, 3.8) is 0 Å². The number of unbranched alkanes of at least 4 members (excludes halogenated alkanes) is 2. The molecular formula is C35H47F2N3O. The van der Waals surface area contributed by atoms with E-state index in [-0.39, 0.29) is 23.5 Å². The van der Waals surface area contributed by atoms with Gasteiger partial charge in [0.25, 0.3) is 0 Å². The number of rotatable bonds is 15. The van der Waals surface area contributed by atoms with Crippen LogP contribution in [0.2, 0.25) is 0 Å².